The van der Waals surface area contributed by atoms with Crippen LogP contribution in [-0.4, -0.2) is 33.0 Å². The largest absolute Gasteiger partial charge is 0.355 e. The van der Waals surface area contributed by atoms with E-state index >= 15 is 0 Å². The minimum atomic E-state index is 0.0821. The summed E-state index contributed by atoms with van der Waals surface area (Å²) in [6.45, 7) is 5.08. The first kappa shape index (κ1) is 20.4. The lowest BCUT2D eigenvalue weighted by Gasteiger charge is -2.25. The van der Waals surface area contributed by atoms with Gasteiger partial charge in [0.2, 0.25) is 5.91 Å². The van der Waals surface area contributed by atoms with Crippen LogP contribution in [0.4, 0.5) is 0 Å². The molecule has 1 fully saturated rings. The van der Waals surface area contributed by atoms with Crippen LogP contribution in [0.1, 0.15) is 69.1 Å². The van der Waals surface area contributed by atoms with Gasteiger partial charge >= 0.3 is 0 Å². The van der Waals surface area contributed by atoms with E-state index in [9.17, 15) is 4.79 Å². The standard InChI is InChI=1S/C20H30N4OS2/c1-15(2)10-11-21-19(25)14-27-20-23-22-18(13-17-9-6-12-26-17)24(20)16-7-4-3-5-8-16/h6,9,12,15-16H,3-5,7-8,10-11,13-14H2,1-2H3,(H,21,25). The highest BCUT2D eigenvalue weighted by molar-refractivity contribution is 7.99. The number of hydrogen-bond acceptors (Lipinski definition) is 5. The van der Waals surface area contributed by atoms with Crippen LogP contribution < -0.4 is 5.32 Å². The van der Waals surface area contributed by atoms with Crippen LogP contribution >= 0.6 is 23.1 Å². The average molecular weight is 407 g/mol. The topological polar surface area (TPSA) is 59.8 Å². The quantitative estimate of drug-likeness (QED) is 0.614. The third-order valence-electron chi connectivity index (χ3n) is 4.96. The Morgan fingerprint density at radius 1 is 1.33 bits per heavy atom. The summed E-state index contributed by atoms with van der Waals surface area (Å²) in [6, 6.07) is 4.70. The molecule has 0 saturated heterocycles. The van der Waals surface area contributed by atoms with Crippen molar-refractivity contribution in [1.29, 1.82) is 0 Å². The van der Waals surface area contributed by atoms with E-state index in [1.165, 1.54) is 48.7 Å². The normalized spacial score (nSPS) is 15.4. The summed E-state index contributed by atoms with van der Waals surface area (Å²) < 4.78 is 2.32. The van der Waals surface area contributed by atoms with Gasteiger partial charge in [-0.3, -0.25) is 4.79 Å². The fourth-order valence-electron chi connectivity index (χ4n) is 3.48. The molecule has 1 saturated carbocycles. The Hall–Kier alpha value is -1.34. The van der Waals surface area contributed by atoms with Crippen LogP contribution in [0.15, 0.2) is 22.7 Å². The van der Waals surface area contributed by atoms with Crippen LogP contribution in [0.25, 0.3) is 0 Å². The predicted molar refractivity (Wildman–Crippen MR) is 112 cm³/mol. The molecule has 0 spiro atoms. The summed E-state index contributed by atoms with van der Waals surface area (Å²) in [5, 5.41) is 15.0. The molecular weight excluding hydrogens is 376 g/mol. The number of rotatable bonds is 9. The van der Waals surface area contributed by atoms with Gasteiger partial charge in [-0.15, -0.1) is 21.5 Å². The lowest BCUT2D eigenvalue weighted by Crippen LogP contribution is -2.27. The molecular formula is C20H30N4OS2. The zero-order valence-corrected chi connectivity index (χ0v) is 18.0. The van der Waals surface area contributed by atoms with Crippen molar-refractivity contribution in [3.8, 4) is 0 Å². The summed E-state index contributed by atoms with van der Waals surface area (Å²) >= 11 is 3.28. The Morgan fingerprint density at radius 3 is 2.85 bits per heavy atom. The van der Waals surface area contributed by atoms with Crippen LogP contribution in [0.3, 0.4) is 0 Å². The summed E-state index contributed by atoms with van der Waals surface area (Å²) in [5.41, 5.74) is 0. The smallest absolute Gasteiger partial charge is 0.230 e. The molecule has 1 N–H and O–H groups in total. The van der Waals surface area contributed by atoms with Crippen molar-refractivity contribution in [2.45, 2.75) is 70.0 Å². The highest BCUT2D eigenvalue weighted by Crippen LogP contribution is 2.33. The maximum atomic E-state index is 12.2. The van der Waals surface area contributed by atoms with Gasteiger partial charge in [0, 0.05) is 23.9 Å². The Kier molecular flexibility index (Phi) is 7.76. The number of nitrogens with zero attached hydrogens (tertiary/aromatic N) is 3. The zero-order chi connectivity index (χ0) is 19.1. The molecule has 0 radical (unpaired) electrons. The second-order valence-corrected chi connectivity index (χ2v) is 9.61. The van der Waals surface area contributed by atoms with E-state index in [1.54, 1.807) is 11.3 Å². The van der Waals surface area contributed by atoms with E-state index in [2.05, 4.69) is 51.4 Å². The molecule has 0 bridgehead atoms. The highest BCUT2D eigenvalue weighted by Gasteiger charge is 2.23. The van der Waals surface area contributed by atoms with Crippen molar-refractivity contribution >= 4 is 29.0 Å². The molecule has 0 atom stereocenters. The number of carbonyl (C=O) groups excluding carboxylic acids is 1. The minimum absolute atomic E-state index is 0.0821. The number of amides is 1. The third kappa shape index (κ3) is 6.07. The molecule has 0 aliphatic heterocycles. The van der Waals surface area contributed by atoms with E-state index in [1.807, 2.05) is 0 Å². The molecule has 3 rings (SSSR count). The molecule has 27 heavy (non-hydrogen) atoms. The van der Waals surface area contributed by atoms with Crippen LogP contribution in [-0.2, 0) is 11.2 Å². The molecule has 1 aliphatic rings. The summed E-state index contributed by atoms with van der Waals surface area (Å²) in [6.07, 6.45) is 8.05. The fraction of sp³-hybridized carbons (Fsp3) is 0.650. The Labute approximate surface area is 170 Å². The second kappa shape index (κ2) is 10.3. The van der Waals surface area contributed by atoms with Crippen LogP contribution in [0, 0.1) is 5.92 Å². The van der Waals surface area contributed by atoms with Gasteiger partial charge in [-0.2, -0.15) is 0 Å². The number of aromatic nitrogens is 3. The van der Waals surface area contributed by atoms with Gasteiger partial charge in [-0.05, 0) is 36.6 Å². The van der Waals surface area contributed by atoms with Crippen LogP contribution in [0.5, 0.6) is 0 Å². The molecule has 0 aromatic carbocycles. The maximum absolute atomic E-state index is 12.2. The maximum Gasteiger partial charge on any atom is 0.230 e. The molecule has 5 nitrogen and oxygen atoms in total. The second-order valence-electron chi connectivity index (χ2n) is 7.64. The number of thioether (sulfide) groups is 1. The van der Waals surface area contributed by atoms with Crippen LogP contribution in [0.2, 0.25) is 0 Å². The molecule has 1 aliphatic carbocycles. The van der Waals surface area contributed by atoms with E-state index in [0.29, 0.717) is 17.7 Å². The van der Waals surface area contributed by atoms with Gasteiger partial charge in [0.25, 0.3) is 0 Å². The molecule has 2 heterocycles. The first-order chi connectivity index (χ1) is 13.1. The molecule has 2 aromatic heterocycles. The molecule has 1 amide bonds. The fourth-order valence-corrected chi connectivity index (χ4v) is 5.04. The molecule has 7 heteroatoms. The van der Waals surface area contributed by atoms with Crippen molar-refractivity contribution in [3.63, 3.8) is 0 Å². The Morgan fingerprint density at radius 2 is 2.15 bits per heavy atom. The first-order valence-electron chi connectivity index (χ1n) is 9.99. The van der Waals surface area contributed by atoms with E-state index in [0.717, 1.165) is 30.4 Å². The SMILES string of the molecule is CC(C)CCNC(=O)CSc1nnc(Cc2cccs2)n1C1CCCCC1. The van der Waals surface area contributed by atoms with Crippen molar-refractivity contribution in [2.24, 2.45) is 5.92 Å². The van der Waals surface area contributed by atoms with Crippen molar-refractivity contribution in [3.05, 3.63) is 28.2 Å². The number of carbonyl (C=O) groups is 1. The number of nitrogens with one attached hydrogen (secondary N) is 1. The third-order valence-corrected chi connectivity index (χ3v) is 6.78. The lowest BCUT2D eigenvalue weighted by atomic mass is 9.95. The van der Waals surface area contributed by atoms with E-state index in [4.69, 9.17) is 0 Å². The highest BCUT2D eigenvalue weighted by atomic mass is 32.2. The van der Waals surface area contributed by atoms with E-state index in [-0.39, 0.29) is 5.91 Å². The summed E-state index contributed by atoms with van der Waals surface area (Å²) in [4.78, 5) is 13.5. The Bertz CT molecular complexity index is 706. The summed E-state index contributed by atoms with van der Waals surface area (Å²) in [7, 11) is 0. The summed E-state index contributed by atoms with van der Waals surface area (Å²) in [5.74, 6) is 2.12. The Balaban J connectivity index is 1.66. The predicted octanol–water partition coefficient (Wildman–Crippen LogP) is 4.69. The van der Waals surface area contributed by atoms with Gasteiger partial charge < -0.3 is 9.88 Å². The first-order valence-corrected chi connectivity index (χ1v) is 11.9. The van der Waals surface area contributed by atoms with Gasteiger partial charge in [-0.25, -0.2) is 0 Å². The van der Waals surface area contributed by atoms with Gasteiger partial charge in [-0.1, -0.05) is 50.9 Å². The van der Waals surface area contributed by atoms with Crippen molar-refractivity contribution in [1.82, 2.24) is 20.1 Å². The molecule has 148 valence electrons. The van der Waals surface area contributed by atoms with Crippen molar-refractivity contribution < 1.29 is 4.79 Å². The molecule has 2 aromatic rings. The van der Waals surface area contributed by atoms with Crippen molar-refractivity contribution in [2.75, 3.05) is 12.3 Å². The number of hydrogen-bond donors (Lipinski definition) is 1. The van der Waals surface area contributed by atoms with Gasteiger partial charge in [0.1, 0.15) is 5.82 Å². The number of thiophene rings is 1. The molecule has 0 unspecified atom stereocenters. The van der Waals surface area contributed by atoms with Gasteiger partial charge in [0.05, 0.1) is 5.75 Å². The van der Waals surface area contributed by atoms with Gasteiger partial charge in [0.15, 0.2) is 5.16 Å². The lowest BCUT2D eigenvalue weighted by molar-refractivity contribution is -0.118. The van der Waals surface area contributed by atoms with E-state index < -0.39 is 0 Å². The average Bonchev–Trinajstić information content (AvgIpc) is 3.30. The minimum Gasteiger partial charge on any atom is -0.355 e. The monoisotopic (exact) mass is 406 g/mol. The zero-order valence-electron chi connectivity index (χ0n) is 16.3.